The van der Waals surface area contributed by atoms with Crippen molar-refractivity contribution in [2.45, 2.75) is 11.3 Å². The second kappa shape index (κ2) is 6.59. The summed E-state index contributed by atoms with van der Waals surface area (Å²) in [5.41, 5.74) is 12.4. The summed E-state index contributed by atoms with van der Waals surface area (Å²) >= 11 is 0. The molecule has 1 amide bonds. The van der Waals surface area contributed by atoms with Crippen molar-refractivity contribution in [3.8, 4) is 0 Å². The van der Waals surface area contributed by atoms with Crippen LogP contribution in [0.25, 0.3) is 0 Å². The minimum absolute atomic E-state index is 0.0103. The van der Waals surface area contributed by atoms with Crippen LogP contribution in [0, 0.1) is 0 Å². The molecule has 2 aromatic rings. The number of nitrogens with one attached hydrogen (secondary N) is 1. The highest BCUT2D eigenvalue weighted by Gasteiger charge is 2.19. The van der Waals surface area contributed by atoms with Crippen LogP contribution in [-0.2, 0) is 16.4 Å². The Labute approximate surface area is 129 Å². The Morgan fingerprint density at radius 3 is 2.27 bits per heavy atom. The molecule has 2 rings (SSSR count). The third-order valence-electron chi connectivity index (χ3n) is 3.10. The van der Waals surface area contributed by atoms with Gasteiger partial charge in [-0.15, -0.1) is 0 Å². The summed E-state index contributed by atoms with van der Waals surface area (Å²) in [6, 6.07) is 12.5. The Morgan fingerprint density at radius 2 is 1.68 bits per heavy atom. The van der Waals surface area contributed by atoms with Crippen LogP contribution in [0.3, 0.4) is 0 Å². The Morgan fingerprint density at radius 1 is 1.05 bits per heavy atom. The number of nitrogen functional groups attached to an aromatic ring is 1. The van der Waals surface area contributed by atoms with Gasteiger partial charge in [-0.1, -0.05) is 24.3 Å². The summed E-state index contributed by atoms with van der Waals surface area (Å²) in [5.74, 6) is -0.760. The largest absolute Gasteiger partial charge is 0.398 e. The van der Waals surface area contributed by atoms with E-state index in [4.69, 9.17) is 11.5 Å². The molecule has 0 heterocycles. The van der Waals surface area contributed by atoms with Gasteiger partial charge in [0.05, 0.1) is 10.5 Å². The maximum Gasteiger partial charge on any atom is 0.267 e. The monoisotopic (exact) mass is 319 g/mol. The van der Waals surface area contributed by atoms with E-state index < -0.39 is 15.9 Å². The van der Waals surface area contributed by atoms with E-state index in [-0.39, 0.29) is 16.1 Å². The van der Waals surface area contributed by atoms with Crippen molar-refractivity contribution in [2.75, 3.05) is 12.3 Å². The molecule has 0 saturated carbocycles. The first kappa shape index (κ1) is 16.0. The first-order valence-corrected chi connectivity index (χ1v) is 8.13. The summed E-state index contributed by atoms with van der Waals surface area (Å²) in [7, 11) is -3.94. The molecule has 0 fully saturated rings. The fraction of sp³-hybridized carbons (Fsp3) is 0.133. The van der Waals surface area contributed by atoms with E-state index >= 15 is 0 Å². The molecule has 5 N–H and O–H groups in total. The molecule has 0 unspecified atom stereocenters. The lowest BCUT2D eigenvalue weighted by atomic mass is 10.2. The average Bonchev–Trinajstić information content (AvgIpc) is 2.48. The van der Waals surface area contributed by atoms with E-state index in [9.17, 15) is 13.2 Å². The van der Waals surface area contributed by atoms with E-state index in [2.05, 4.69) is 0 Å². The van der Waals surface area contributed by atoms with Crippen molar-refractivity contribution in [1.29, 1.82) is 0 Å². The summed E-state index contributed by atoms with van der Waals surface area (Å²) in [4.78, 5) is 12.0. The fourth-order valence-electron chi connectivity index (χ4n) is 1.94. The van der Waals surface area contributed by atoms with Gasteiger partial charge in [0.1, 0.15) is 0 Å². The van der Waals surface area contributed by atoms with Crippen molar-refractivity contribution < 1.29 is 13.2 Å². The highest BCUT2D eigenvalue weighted by atomic mass is 32.2. The van der Waals surface area contributed by atoms with Crippen LogP contribution in [0.1, 0.15) is 15.9 Å². The molecule has 116 valence electrons. The predicted octanol–water partition coefficient (Wildman–Crippen LogP) is 0.889. The number of rotatable bonds is 5. The molecule has 6 nitrogen and oxygen atoms in total. The first-order chi connectivity index (χ1) is 10.4. The summed E-state index contributed by atoms with van der Waals surface area (Å²) in [6.07, 6.45) is 0.660. The maximum atomic E-state index is 12.2. The van der Waals surface area contributed by atoms with Gasteiger partial charge in [0.25, 0.3) is 15.9 Å². The van der Waals surface area contributed by atoms with Crippen LogP contribution < -0.4 is 16.2 Å². The number of carbonyl (C=O) groups is 1. The molecule has 0 atom stereocenters. The number of anilines is 1. The lowest BCUT2D eigenvalue weighted by molar-refractivity contribution is 0.0982. The highest BCUT2D eigenvalue weighted by Crippen LogP contribution is 2.14. The average molecular weight is 319 g/mol. The summed E-state index contributed by atoms with van der Waals surface area (Å²) < 4.78 is 26.4. The van der Waals surface area contributed by atoms with Crippen molar-refractivity contribution in [2.24, 2.45) is 5.73 Å². The number of hydrogen-bond acceptors (Lipinski definition) is 5. The van der Waals surface area contributed by atoms with E-state index in [1.54, 1.807) is 24.3 Å². The molecular formula is C15H17N3O3S. The summed E-state index contributed by atoms with van der Waals surface area (Å²) in [6.45, 7) is 0.482. The zero-order chi connectivity index (χ0) is 16.2. The Bertz CT molecular complexity index is 771. The first-order valence-electron chi connectivity index (χ1n) is 6.64. The maximum absolute atomic E-state index is 12.2. The van der Waals surface area contributed by atoms with Crippen molar-refractivity contribution in [1.82, 2.24) is 4.72 Å². The topological polar surface area (TPSA) is 115 Å². The van der Waals surface area contributed by atoms with Gasteiger partial charge in [-0.05, 0) is 42.8 Å². The molecule has 2 aromatic carbocycles. The number of nitrogens with two attached hydrogens (primary N) is 2. The van der Waals surface area contributed by atoms with Crippen molar-refractivity contribution >= 4 is 21.6 Å². The number of para-hydroxylation sites is 1. The van der Waals surface area contributed by atoms with Gasteiger partial charge in [-0.3, -0.25) is 4.79 Å². The van der Waals surface area contributed by atoms with Crippen molar-refractivity contribution in [3.63, 3.8) is 0 Å². The smallest absolute Gasteiger partial charge is 0.267 e. The molecular weight excluding hydrogens is 302 g/mol. The van der Waals surface area contributed by atoms with Gasteiger partial charge in [-0.25, -0.2) is 13.1 Å². The van der Waals surface area contributed by atoms with Gasteiger partial charge in [0.2, 0.25) is 0 Å². The molecule has 0 saturated heterocycles. The molecule has 22 heavy (non-hydrogen) atoms. The van der Waals surface area contributed by atoms with Crippen LogP contribution in [-0.4, -0.2) is 20.9 Å². The Hall–Kier alpha value is -2.38. The van der Waals surface area contributed by atoms with E-state index in [1.807, 2.05) is 4.72 Å². The van der Waals surface area contributed by atoms with Crippen LogP contribution in [0.5, 0.6) is 0 Å². The van der Waals surface area contributed by atoms with Crippen LogP contribution >= 0.6 is 0 Å². The zero-order valence-electron chi connectivity index (χ0n) is 11.8. The second-order valence-electron chi connectivity index (χ2n) is 4.70. The molecule has 0 bridgehead atoms. The van der Waals surface area contributed by atoms with E-state index in [1.165, 1.54) is 24.3 Å². The minimum atomic E-state index is -3.94. The number of carbonyl (C=O) groups excluding carboxylic acids is 1. The highest BCUT2D eigenvalue weighted by molar-refractivity contribution is 7.90. The molecule has 0 aliphatic carbocycles. The fourth-order valence-corrected chi connectivity index (χ4v) is 2.91. The summed E-state index contributed by atoms with van der Waals surface area (Å²) in [5, 5.41) is 0. The standard InChI is InChI=1S/C15H17N3O3S/c16-10-9-11-5-7-12(8-6-11)22(20,21)18-15(19)13-3-1-2-4-14(13)17/h1-8H,9-10,16-17H2,(H,18,19). The van der Waals surface area contributed by atoms with Gasteiger partial charge in [0, 0.05) is 5.69 Å². The predicted molar refractivity (Wildman–Crippen MR) is 84.7 cm³/mol. The SMILES string of the molecule is NCCc1ccc(S(=O)(=O)NC(=O)c2ccccc2N)cc1. The number of benzene rings is 2. The lowest BCUT2D eigenvalue weighted by Crippen LogP contribution is -2.31. The molecule has 0 spiro atoms. The normalized spacial score (nSPS) is 11.1. The van der Waals surface area contributed by atoms with Gasteiger partial charge < -0.3 is 11.5 Å². The molecule has 0 aromatic heterocycles. The van der Waals surface area contributed by atoms with E-state index in [0.29, 0.717) is 13.0 Å². The van der Waals surface area contributed by atoms with E-state index in [0.717, 1.165) is 5.56 Å². The molecule has 0 aliphatic rings. The molecule has 7 heteroatoms. The number of hydrogen-bond donors (Lipinski definition) is 3. The van der Waals surface area contributed by atoms with Gasteiger partial charge in [0.15, 0.2) is 0 Å². The van der Waals surface area contributed by atoms with Crippen LogP contribution in [0.2, 0.25) is 0 Å². The lowest BCUT2D eigenvalue weighted by Gasteiger charge is -2.09. The number of sulfonamides is 1. The number of amides is 1. The second-order valence-corrected chi connectivity index (χ2v) is 6.39. The molecule has 0 radical (unpaired) electrons. The Kier molecular flexibility index (Phi) is 4.79. The zero-order valence-corrected chi connectivity index (χ0v) is 12.6. The van der Waals surface area contributed by atoms with Crippen molar-refractivity contribution in [3.05, 3.63) is 59.7 Å². The third-order valence-corrected chi connectivity index (χ3v) is 4.45. The quantitative estimate of drug-likeness (QED) is 0.708. The van der Waals surface area contributed by atoms with Crippen LogP contribution in [0.4, 0.5) is 5.69 Å². The Balaban J connectivity index is 2.20. The molecule has 0 aliphatic heterocycles. The van der Waals surface area contributed by atoms with Gasteiger partial charge in [-0.2, -0.15) is 0 Å². The third kappa shape index (κ3) is 3.63. The van der Waals surface area contributed by atoms with Gasteiger partial charge >= 0.3 is 0 Å². The van der Waals surface area contributed by atoms with Crippen LogP contribution in [0.15, 0.2) is 53.4 Å². The minimum Gasteiger partial charge on any atom is -0.398 e.